The lowest BCUT2D eigenvalue weighted by atomic mass is 9.94. The number of carbonyl (C=O) groups excluding carboxylic acids is 2. The largest absolute Gasteiger partial charge is 0.321 e. The highest BCUT2D eigenvalue weighted by Crippen LogP contribution is 2.37. The monoisotopic (exact) mass is 315 g/mol. The van der Waals surface area contributed by atoms with Crippen LogP contribution in [-0.4, -0.2) is 11.8 Å². The number of allylic oxidation sites excluding steroid dienone is 3. The molecule has 0 bridgehead atoms. The van der Waals surface area contributed by atoms with E-state index in [1.807, 2.05) is 36.4 Å². The van der Waals surface area contributed by atoms with Gasteiger partial charge in [-0.2, -0.15) is 5.26 Å². The van der Waals surface area contributed by atoms with Crippen molar-refractivity contribution in [2.24, 2.45) is 5.92 Å². The number of hydrogen-bond acceptors (Lipinski definition) is 3. The van der Waals surface area contributed by atoms with Crippen LogP contribution in [0.25, 0.3) is 5.70 Å². The topological polar surface area (TPSA) is 82.0 Å². The first-order valence-corrected chi connectivity index (χ1v) is 7.64. The maximum Gasteiger partial charge on any atom is 0.258 e. The smallest absolute Gasteiger partial charge is 0.258 e. The van der Waals surface area contributed by atoms with Crippen molar-refractivity contribution in [3.05, 3.63) is 76.5 Å². The van der Waals surface area contributed by atoms with Crippen molar-refractivity contribution in [3.63, 3.8) is 0 Å². The predicted molar refractivity (Wildman–Crippen MR) is 87.6 cm³/mol. The summed E-state index contributed by atoms with van der Waals surface area (Å²) in [5, 5.41) is 14.6. The highest BCUT2D eigenvalue weighted by Gasteiger charge is 2.41. The van der Waals surface area contributed by atoms with Gasteiger partial charge in [-0.05, 0) is 17.6 Å². The van der Waals surface area contributed by atoms with E-state index in [1.54, 1.807) is 12.2 Å². The molecule has 5 heteroatoms. The van der Waals surface area contributed by atoms with E-state index in [0.29, 0.717) is 29.0 Å². The second-order valence-electron chi connectivity index (χ2n) is 5.76. The van der Waals surface area contributed by atoms with Crippen molar-refractivity contribution >= 4 is 17.5 Å². The van der Waals surface area contributed by atoms with E-state index in [2.05, 4.69) is 16.7 Å². The average Bonchev–Trinajstić information content (AvgIpc) is 3.15. The molecule has 5 nitrogen and oxygen atoms in total. The highest BCUT2D eigenvalue weighted by molar-refractivity contribution is 6.26. The molecule has 0 radical (unpaired) electrons. The summed E-state index contributed by atoms with van der Waals surface area (Å²) in [5.74, 6) is -0.730. The molecular formula is C19H13N3O2. The number of nitrogens with one attached hydrogen (secondary N) is 2. The summed E-state index contributed by atoms with van der Waals surface area (Å²) in [7, 11) is 0. The second-order valence-corrected chi connectivity index (χ2v) is 5.76. The van der Waals surface area contributed by atoms with Gasteiger partial charge >= 0.3 is 0 Å². The van der Waals surface area contributed by atoms with Crippen molar-refractivity contribution in [1.29, 1.82) is 5.26 Å². The zero-order valence-electron chi connectivity index (χ0n) is 12.7. The first-order valence-electron chi connectivity index (χ1n) is 7.64. The number of nitriles is 1. The lowest BCUT2D eigenvalue weighted by Gasteiger charge is -2.12. The van der Waals surface area contributed by atoms with E-state index >= 15 is 0 Å². The van der Waals surface area contributed by atoms with Crippen LogP contribution in [0.2, 0.25) is 0 Å². The van der Waals surface area contributed by atoms with Crippen LogP contribution in [0.15, 0.2) is 71.0 Å². The van der Waals surface area contributed by atoms with Gasteiger partial charge in [0.2, 0.25) is 0 Å². The normalized spacial score (nSPS) is 22.1. The molecule has 1 unspecified atom stereocenters. The van der Waals surface area contributed by atoms with E-state index in [9.17, 15) is 9.59 Å². The quantitative estimate of drug-likeness (QED) is 0.875. The number of rotatable bonds is 2. The van der Waals surface area contributed by atoms with Crippen molar-refractivity contribution in [3.8, 4) is 6.07 Å². The summed E-state index contributed by atoms with van der Waals surface area (Å²) in [6.07, 6.45) is 6.03. The van der Waals surface area contributed by atoms with Crippen LogP contribution in [0, 0.1) is 17.2 Å². The Balaban J connectivity index is 1.81. The first kappa shape index (κ1) is 14.2. The molecule has 1 atom stereocenters. The third-order valence-corrected chi connectivity index (χ3v) is 4.30. The van der Waals surface area contributed by atoms with Gasteiger partial charge < -0.3 is 10.6 Å². The fraction of sp³-hybridized carbons (Fsp3) is 0.105. The summed E-state index contributed by atoms with van der Waals surface area (Å²) < 4.78 is 0. The number of fused-ring (bicyclic) bond motifs is 1. The van der Waals surface area contributed by atoms with Crippen molar-refractivity contribution in [2.45, 2.75) is 6.42 Å². The van der Waals surface area contributed by atoms with Gasteiger partial charge in [0.1, 0.15) is 0 Å². The molecule has 2 aliphatic heterocycles. The number of carbonyl (C=O) groups is 2. The molecule has 1 aromatic carbocycles. The Morgan fingerprint density at radius 3 is 2.29 bits per heavy atom. The third kappa shape index (κ3) is 2.09. The summed E-state index contributed by atoms with van der Waals surface area (Å²) in [5.41, 5.74) is 3.39. The molecule has 116 valence electrons. The minimum Gasteiger partial charge on any atom is -0.321 e. The SMILES string of the molecule is N#CC1C=CC(C2=C3C(=O)NC(c4ccccc4)=C3C(=O)N2)=CC1. The highest BCUT2D eigenvalue weighted by atomic mass is 16.2. The molecule has 3 aliphatic rings. The molecule has 24 heavy (non-hydrogen) atoms. The molecule has 1 aliphatic carbocycles. The lowest BCUT2D eigenvalue weighted by Crippen LogP contribution is -2.22. The van der Waals surface area contributed by atoms with E-state index in [-0.39, 0.29) is 17.7 Å². The molecule has 2 amide bonds. The molecule has 1 aromatic rings. The Kier molecular flexibility index (Phi) is 3.17. The molecule has 4 rings (SSSR count). The molecular weight excluding hydrogens is 302 g/mol. The van der Waals surface area contributed by atoms with Crippen LogP contribution in [0.5, 0.6) is 0 Å². The Morgan fingerprint density at radius 2 is 1.67 bits per heavy atom. The van der Waals surface area contributed by atoms with Crippen LogP contribution in [0.4, 0.5) is 0 Å². The van der Waals surface area contributed by atoms with Gasteiger partial charge in [-0.1, -0.05) is 48.6 Å². The molecule has 2 heterocycles. The van der Waals surface area contributed by atoms with Gasteiger partial charge in [0, 0.05) is 0 Å². The Bertz CT molecular complexity index is 927. The fourth-order valence-electron chi connectivity index (χ4n) is 3.12. The number of nitrogens with zero attached hydrogens (tertiary/aromatic N) is 1. The van der Waals surface area contributed by atoms with Crippen LogP contribution in [0.1, 0.15) is 12.0 Å². The number of hydrogen-bond donors (Lipinski definition) is 2. The maximum atomic E-state index is 12.5. The van der Waals surface area contributed by atoms with Gasteiger partial charge in [-0.25, -0.2) is 0 Å². The molecule has 0 aromatic heterocycles. The zero-order valence-corrected chi connectivity index (χ0v) is 12.7. The van der Waals surface area contributed by atoms with E-state index in [4.69, 9.17) is 5.26 Å². The van der Waals surface area contributed by atoms with Gasteiger partial charge in [-0.15, -0.1) is 0 Å². The minimum atomic E-state index is -0.283. The van der Waals surface area contributed by atoms with Crippen LogP contribution in [-0.2, 0) is 9.59 Å². The number of benzene rings is 1. The molecule has 0 saturated carbocycles. The molecule has 0 spiro atoms. The van der Waals surface area contributed by atoms with Gasteiger partial charge in [-0.3, -0.25) is 9.59 Å². The van der Waals surface area contributed by atoms with Crippen molar-refractivity contribution < 1.29 is 9.59 Å². The maximum absolute atomic E-state index is 12.5. The summed E-state index contributed by atoms with van der Waals surface area (Å²) in [6.45, 7) is 0. The van der Waals surface area contributed by atoms with E-state index in [0.717, 1.165) is 11.1 Å². The van der Waals surface area contributed by atoms with Gasteiger partial charge in [0.25, 0.3) is 11.8 Å². The van der Waals surface area contributed by atoms with Crippen molar-refractivity contribution in [2.75, 3.05) is 0 Å². The lowest BCUT2D eigenvalue weighted by molar-refractivity contribution is -0.117. The van der Waals surface area contributed by atoms with Crippen LogP contribution in [0.3, 0.4) is 0 Å². The summed E-state index contributed by atoms with van der Waals surface area (Å²) in [6, 6.07) is 11.5. The Labute approximate surface area is 138 Å². The standard InChI is InChI=1S/C19H13N3O2/c20-10-11-6-8-13(9-7-11)17-15-14(18(23)22-17)16(21-19(15)24)12-4-2-1-3-5-12/h1-6,8-9,11H,7H2,(H,21,24)(H,22,23). The minimum absolute atomic E-state index is 0.163. The third-order valence-electron chi connectivity index (χ3n) is 4.30. The molecule has 0 saturated heterocycles. The second kappa shape index (κ2) is 5.36. The van der Waals surface area contributed by atoms with E-state index < -0.39 is 0 Å². The Hall–Kier alpha value is -3.39. The average molecular weight is 315 g/mol. The first-order chi connectivity index (χ1) is 11.7. The molecule has 2 N–H and O–H groups in total. The summed E-state index contributed by atoms with van der Waals surface area (Å²) >= 11 is 0. The van der Waals surface area contributed by atoms with E-state index in [1.165, 1.54) is 0 Å². The van der Waals surface area contributed by atoms with Crippen LogP contribution >= 0.6 is 0 Å². The predicted octanol–water partition coefficient (Wildman–Crippen LogP) is 1.94. The Morgan fingerprint density at radius 1 is 1.00 bits per heavy atom. The van der Waals surface area contributed by atoms with Gasteiger partial charge in [0.05, 0.1) is 34.5 Å². The molecule has 0 fully saturated rings. The number of amides is 2. The zero-order chi connectivity index (χ0) is 16.7. The van der Waals surface area contributed by atoms with Crippen molar-refractivity contribution in [1.82, 2.24) is 10.6 Å². The van der Waals surface area contributed by atoms with Crippen LogP contribution < -0.4 is 10.6 Å². The van der Waals surface area contributed by atoms with Gasteiger partial charge in [0.15, 0.2) is 0 Å². The fourth-order valence-corrected chi connectivity index (χ4v) is 3.12. The summed E-state index contributed by atoms with van der Waals surface area (Å²) in [4.78, 5) is 24.9.